The third-order valence-corrected chi connectivity index (χ3v) is 6.66. The number of aliphatic imine (C=N–C) groups is 1. The van der Waals surface area contributed by atoms with E-state index >= 15 is 0 Å². The number of aromatic hydroxyl groups is 1. The molecule has 1 unspecified atom stereocenters. The Balaban J connectivity index is 1.66. The Hall–Kier alpha value is -4.46. The molecule has 2 aromatic carbocycles. The van der Waals surface area contributed by atoms with Gasteiger partial charge in [0.15, 0.2) is 11.5 Å². The number of aryl methyl sites for hydroxylation is 1. The maximum absolute atomic E-state index is 14.5. The molecule has 0 spiro atoms. The number of hydrogen-bond donors (Lipinski definition) is 2. The third kappa shape index (κ3) is 3.80. The first-order chi connectivity index (χ1) is 17.3. The van der Waals surface area contributed by atoms with Crippen LogP contribution in [0.2, 0.25) is 0 Å². The molecule has 36 heavy (non-hydrogen) atoms. The Bertz CT molecular complexity index is 1480. The van der Waals surface area contributed by atoms with Crippen molar-refractivity contribution in [1.29, 1.82) is 0 Å². The summed E-state index contributed by atoms with van der Waals surface area (Å²) in [5.74, 6) is -0.552. The van der Waals surface area contributed by atoms with Crippen LogP contribution >= 0.6 is 0 Å². The molecule has 7 nitrogen and oxygen atoms in total. The van der Waals surface area contributed by atoms with E-state index in [0.29, 0.717) is 35.2 Å². The fourth-order valence-corrected chi connectivity index (χ4v) is 4.72. The van der Waals surface area contributed by atoms with Crippen molar-refractivity contribution in [2.75, 3.05) is 7.05 Å². The molecule has 8 heteroatoms. The van der Waals surface area contributed by atoms with Gasteiger partial charge in [0.1, 0.15) is 5.75 Å². The summed E-state index contributed by atoms with van der Waals surface area (Å²) in [5, 5.41) is 9.63. The van der Waals surface area contributed by atoms with Gasteiger partial charge in [-0.25, -0.2) is 9.98 Å². The van der Waals surface area contributed by atoms with Gasteiger partial charge in [-0.15, -0.1) is 0 Å². The maximum atomic E-state index is 14.5. The smallest absolute Gasteiger partial charge is 0.266 e. The molecule has 0 saturated carbocycles. The number of pyridine rings is 1. The van der Waals surface area contributed by atoms with Gasteiger partial charge in [-0.05, 0) is 60.0 Å². The highest BCUT2D eigenvalue weighted by Gasteiger charge is 2.50. The highest BCUT2D eigenvalue weighted by Crippen LogP contribution is 2.41. The van der Waals surface area contributed by atoms with E-state index in [1.54, 1.807) is 49.5 Å². The lowest BCUT2D eigenvalue weighted by atomic mass is 9.83. The number of carbonyl (C=O) groups is 1. The summed E-state index contributed by atoms with van der Waals surface area (Å²) in [6, 6.07) is 19.5. The predicted octanol–water partition coefficient (Wildman–Crippen LogP) is 4.04. The Kier molecular flexibility index (Phi) is 5.80. The summed E-state index contributed by atoms with van der Waals surface area (Å²) in [7, 11) is 1.60. The number of likely N-dealkylation sites (N-methyl/N-ethyl adjacent to an activating group) is 1. The second-order valence-electron chi connectivity index (χ2n) is 8.82. The van der Waals surface area contributed by atoms with E-state index in [0.717, 1.165) is 11.3 Å². The quantitative estimate of drug-likeness (QED) is 0.405. The van der Waals surface area contributed by atoms with E-state index < -0.39 is 11.5 Å². The van der Waals surface area contributed by atoms with E-state index in [1.807, 2.05) is 37.4 Å². The lowest BCUT2D eigenvalue weighted by molar-refractivity contribution is -0.129. The van der Waals surface area contributed by atoms with Crippen molar-refractivity contribution in [2.45, 2.75) is 25.4 Å². The van der Waals surface area contributed by atoms with Crippen molar-refractivity contribution in [3.8, 4) is 16.9 Å². The first-order valence-corrected chi connectivity index (χ1v) is 11.7. The van der Waals surface area contributed by atoms with Gasteiger partial charge in [-0.1, -0.05) is 30.3 Å². The zero-order chi connectivity index (χ0) is 25.4. The third-order valence-electron chi connectivity index (χ3n) is 6.66. The van der Waals surface area contributed by atoms with Crippen molar-refractivity contribution in [1.82, 2.24) is 14.5 Å². The number of carbonyl (C=O) groups excluding carboxylic acids is 1. The van der Waals surface area contributed by atoms with Crippen molar-refractivity contribution >= 4 is 11.9 Å². The minimum absolute atomic E-state index is 0.113. The van der Waals surface area contributed by atoms with Gasteiger partial charge in [0.2, 0.25) is 5.95 Å². The monoisotopic (exact) mass is 483 g/mol. The number of halogens is 1. The van der Waals surface area contributed by atoms with Crippen LogP contribution in [0.4, 0.5) is 4.39 Å². The van der Waals surface area contributed by atoms with Crippen molar-refractivity contribution < 1.29 is 14.3 Å². The molecule has 1 amide bonds. The predicted molar refractivity (Wildman–Crippen MR) is 136 cm³/mol. The number of benzene rings is 2. The van der Waals surface area contributed by atoms with Gasteiger partial charge in [0.05, 0.1) is 0 Å². The number of aromatic nitrogens is 2. The molecule has 5 rings (SSSR count). The normalized spacial score (nSPS) is 17.5. The second-order valence-corrected chi connectivity index (χ2v) is 8.82. The van der Waals surface area contributed by atoms with E-state index in [2.05, 4.69) is 9.55 Å². The number of nitrogens with two attached hydrogens (primary N) is 1. The zero-order valence-electron chi connectivity index (χ0n) is 20.0. The highest BCUT2D eigenvalue weighted by molar-refractivity contribution is 6.09. The zero-order valence-corrected chi connectivity index (χ0v) is 20.0. The fourth-order valence-electron chi connectivity index (χ4n) is 4.72. The van der Waals surface area contributed by atoms with E-state index in [-0.39, 0.29) is 17.6 Å². The van der Waals surface area contributed by atoms with Crippen LogP contribution in [0.15, 0.2) is 84.1 Å². The standard InChI is InChI=1S/C28H26FN5O2/c1-3-34-17-21(16-22(34)14-18-9-11-23(35)12-10-18)28(26(36)33(2)27(30)32-28)20-7-4-6-19(15-20)24-8-5-13-31-25(24)29/h4-13,15-17,35H,3,14H2,1-2H3,(H2,30,32). The Morgan fingerprint density at radius 2 is 1.83 bits per heavy atom. The largest absolute Gasteiger partial charge is 0.508 e. The molecule has 1 atom stereocenters. The molecular formula is C28H26FN5O2. The van der Waals surface area contributed by atoms with Crippen LogP contribution in [0.5, 0.6) is 5.75 Å². The van der Waals surface area contributed by atoms with Crippen molar-refractivity contribution in [2.24, 2.45) is 10.7 Å². The summed E-state index contributed by atoms with van der Waals surface area (Å²) in [5.41, 5.74) is 8.96. The van der Waals surface area contributed by atoms with E-state index in [9.17, 15) is 14.3 Å². The molecule has 1 aliphatic heterocycles. The Labute approximate surface area is 208 Å². The van der Waals surface area contributed by atoms with Crippen LogP contribution in [-0.2, 0) is 23.3 Å². The van der Waals surface area contributed by atoms with Crippen LogP contribution < -0.4 is 5.73 Å². The lowest BCUT2D eigenvalue weighted by Crippen LogP contribution is -2.41. The molecule has 2 aromatic heterocycles. The minimum Gasteiger partial charge on any atom is -0.508 e. The number of phenolic OH excluding ortho intramolecular Hbond substituents is 1. The van der Waals surface area contributed by atoms with Crippen molar-refractivity contribution in [3.63, 3.8) is 0 Å². The number of rotatable bonds is 6. The number of nitrogens with zero attached hydrogens (tertiary/aromatic N) is 4. The molecule has 0 saturated heterocycles. The highest BCUT2D eigenvalue weighted by atomic mass is 19.1. The minimum atomic E-state index is -1.41. The van der Waals surface area contributed by atoms with Gasteiger partial charge < -0.3 is 15.4 Å². The van der Waals surface area contributed by atoms with Gasteiger partial charge in [0.25, 0.3) is 5.91 Å². The average Bonchev–Trinajstić information content (AvgIpc) is 3.40. The SMILES string of the molecule is CCn1cc(C2(c3cccc(-c4cccnc4F)c3)N=C(N)N(C)C2=O)cc1Cc1ccc(O)cc1. The second kappa shape index (κ2) is 8.96. The van der Waals surface area contributed by atoms with Gasteiger partial charge in [0, 0.05) is 49.2 Å². The Morgan fingerprint density at radius 3 is 2.50 bits per heavy atom. The van der Waals surface area contributed by atoms with Crippen LogP contribution in [0.3, 0.4) is 0 Å². The topological polar surface area (TPSA) is 96.7 Å². The summed E-state index contributed by atoms with van der Waals surface area (Å²) in [6.07, 6.45) is 3.93. The van der Waals surface area contributed by atoms with Gasteiger partial charge in [-0.2, -0.15) is 4.39 Å². The number of phenols is 1. The lowest BCUT2D eigenvalue weighted by Gasteiger charge is -2.25. The molecule has 0 radical (unpaired) electrons. The molecule has 3 N–H and O–H groups in total. The summed E-state index contributed by atoms with van der Waals surface area (Å²) in [6.45, 7) is 2.72. The molecule has 0 fully saturated rings. The number of hydrogen-bond acceptors (Lipinski definition) is 5. The maximum Gasteiger partial charge on any atom is 0.266 e. The number of guanidine groups is 1. The summed E-state index contributed by atoms with van der Waals surface area (Å²) in [4.78, 5) is 23.6. The Morgan fingerprint density at radius 1 is 1.06 bits per heavy atom. The number of amides is 1. The summed E-state index contributed by atoms with van der Waals surface area (Å²) >= 11 is 0. The van der Waals surface area contributed by atoms with E-state index in [1.165, 1.54) is 11.1 Å². The first kappa shape index (κ1) is 23.3. The summed E-state index contributed by atoms with van der Waals surface area (Å²) < 4.78 is 16.6. The molecule has 4 aromatic rings. The molecule has 3 heterocycles. The molecule has 0 bridgehead atoms. The first-order valence-electron chi connectivity index (χ1n) is 11.7. The van der Waals surface area contributed by atoms with E-state index in [4.69, 9.17) is 10.7 Å². The molecule has 182 valence electrons. The molecular weight excluding hydrogens is 457 g/mol. The fraction of sp³-hybridized carbons (Fsp3) is 0.179. The van der Waals surface area contributed by atoms with Gasteiger partial charge in [-0.3, -0.25) is 9.69 Å². The van der Waals surface area contributed by atoms with Gasteiger partial charge >= 0.3 is 0 Å². The van der Waals surface area contributed by atoms with Crippen LogP contribution in [0, 0.1) is 5.95 Å². The van der Waals surface area contributed by atoms with Crippen LogP contribution in [0.1, 0.15) is 29.3 Å². The molecule has 1 aliphatic rings. The van der Waals surface area contributed by atoms with Crippen LogP contribution in [0.25, 0.3) is 11.1 Å². The van der Waals surface area contributed by atoms with Crippen molar-refractivity contribution in [3.05, 3.63) is 107 Å². The van der Waals surface area contributed by atoms with Crippen LogP contribution in [-0.4, -0.2) is 38.5 Å². The molecule has 0 aliphatic carbocycles. The average molecular weight is 484 g/mol.